The highest BCUT2D eigenvalue weighted by atomic mass is 15.1. The van der Waals surface area contributed by atoms with E-state index in [1.54, 1.807) is 0 Å². The lowest BCUT2D eigenvalue weighted by Crippen LogP contribution is -2.08. The maximum atomic E-state index is 4.67. The van der Waals surface area contributed by atoms with E-state index in [9.17, 15) is 0 Å². The number of nitrogens with zero attached hydrogens (tertiary/aromatic N) is 3. The number of aryl methyl sites for hydroxylation is 1. The van der Waals surface area contributed by atoms with E-state index in [1.165, 1.54) is 5.69 Å². The van der Waals surface area contributed by atoms with Gasteiger partial charge in [-0.1, -0.05) is 13.0 Å². The zero-order valence-corrected chi connectivity index (χ0v) is 12.7. The molecule has 3 rings (SSSR count). The van der Waals surface area contributed by atoms with E-state index in [0.717, 1.165) is 29.3 Å². The van der Waals surface area contributed by atoms with Crippen LogP contribution in [0.4, 0.5) is 17.2 Å². The van der Waals surface area contributed by atoms with Crippen LogP contribution < -0.4 is 10.2 Å². The van der Waals surface area contributed by atoms with Crippen LogP contribution >= 0.6 is 0 Å². The number of anilines is 3. The second kappa shape index (κ2) is 5.48. The van der Waals surface area contributed by atoms with Gasteiger partial charge in [0.1, 0.15) is 11.5 Å². The molecule has 1 aromatic carbocycles. The molecule has 1 N–H and O–H groups in total. The van der Waals surface area contributed by atoms with E-state index in [-0.39, 0.29) is 0 Å². The first-order valence-corrected chi connectivity index (χ1v) is 7.19. The molecule has 3 aromatic rings. The third-order valence-corrected chi connectivity index (χ3v) is 3.58. The molecule has 0 aliphatic heterocycles. The number of imidazole rings is 1. The van der Waals surface area contributed by atoms with Gasteiger partial charge in [-0.05, 0) is 42.8 Å². The van der Waals surface area contributed by atoms with Crippen molar-refractivity contribution in [3.05, 3.63) is 54.4 Å². The van der Waals surface area contributed by atoms with Gasteiger partial charge in [0.15, 0.2) is 0 Å². The van der Waals surface area contributed by atoms with Gasteiger partial charge in [-0.25, -0.2) is 4.98 Å². The van der Waals surface area contributed by atoms with Crippen molar-refractivity contribution in [1.82, 2.24) is 9.38 Å². The first-order valence-electron chi connectivity index (χ1n) is 7.19. The molecular formula is C17H20N4. The highest BCUT2D eigenvalue weighted by Gasteiger charge is 2.10. The predicted octanol–water partition coefficient (Wildman–Crippen LogP) is 3.71. The number of pyridine rings is 1. The van der Waals surface area contributed by atoms with Crippen molar-refractivity contribution >= 4 is 22.8 Å². The zero-order chi connectivity index (χ0) is 14.8. The Balaban J connectivity index is 1.97. The van der Waals surface area contributed by atoms with Crippen molar-refractivity contribution in [3.63, 3.8) is 0 Å². The van der Waals surface area contributed by atoms with Gasteiger partial charge in [0.25, 0.3) is 0 Å². The molecule has 0 saturated heterocycles. The number of benzene rings is 1. The Bertz CT molecular complexity index is 741. The van der Waals surface area contributed by atoms with E-state index in [0.29, 0.717) is 0 Å². The summed E-state index contributed by atoms with van der Waals surface area (Å²) in [5.41, 5.74) is 4.31. The lowest BCUT2D eigenvalue weighted by atomic mass is 10.2. The first-order chi connectivity index (χ1) is 10.2. The summed E-state index contributed by atoms with van der Waals surface area (Å²) in [6.45, 7) is 2.13. The Kier molecular flexibility index (Phi) is 3.52. The molecule has 2 aromatic heterocycles. The second-order valence-electron chi connectivity index (χ2n) is 5.26. The van der Waals surface area contributed by atoms with Crippen LogP contribution in [0.1, 0.15) is 12.6 Å². The molecule has 108 valence electrons. The molecule has 0 amide bonds. The van der Waals surface area contributed by atoms with Gasteiger partial charge in [0, 0.05) is 31.7 Å². The molecule has 0 bridgehead atoms. The molecule has 0 radical (unpaired) electrons. The maximum Gasteiger partial charge on any atom is 0.138 e. The van der Waals surface area contributed by atoms with Crippen molar-refractivity contribution in [2.45, 2.75) is 13.3 Å². The van der Waals surface area contributed by atoms with Crippen molar-refractivity contribution in [1.29, 1.82) is 0 Å². The van der Waals surface area contributed by atoms with Gasteiger partial charge in [-0.3, -0.25) is 4.40 Å². The molecule has 0 spiro atoms. The highest BCUT2D eigenvalue weighted by molar-refractivity contribution is 5.65. The molecule has 0 aliphatic carbocycles. The Morgan fingerprint density at radius 2 is 1.86 bits per heavy atom. The van der Waals surface area contributed by atoms with E-state index >= 15 is 0 Å². The summed E-state index contributed by atoms with van der Waals surface area (Å²) in [6.07, 6.45) is 2.94. The fraction of sp³-hybridized carbons (Fsp3) is 0.235. The lowest BCUT2D eigenvalue weighted by Gasteiger charge is -2.13. The van der Waals surface area contributed by atoms with Crippen LogP contribution in [0.25, 0.3) is 5.65 Å². The van der Waals surface area contributed by atoms with Crippen LogP contribution in [-0.4, -0.2) is 23.5 Å². The Morgan fingerprint density at radius 1 is 1.10 bits per heavy atom. The molecule has 0 unspecified atom stereocenters. The van der Waals surface area contributed by atoms with Crippen LogP contribution in [0.5, 0.6) is 0 Å². The van der Waals surface area contributed by atoms with Gasteiger partial charge < -0.3 is 10.2 Å². The van der Waals surface area contributed by atoms with E-state index in [2.05, 4.69) is 50.8 Å². The highest BCUT2D eigenvalue weighted by Crippen LogP contribution is 2.24. The molecular weight excluding hydrogens is 260 g/mol. The summed E-state index contributed by atoms with van der Waals surface area (Å²) >= 11 is 0. The largest absolute Gasteiger partial charge is 0.378 e. The fourth-order valence-electron chi connectivity index (χ4n) is 2.40. The number of nitrogens with one attached hydrogen (secondary N) is 1. The SMILES string of the molecule is CCc1nc2ccccn2c1Nc1ccc(N(C)C)cc1. The summed E-state index contributed by atoms with van der Waals surface area (Å²) in [7, 11) is 4.09. The maximum absolute atomic E-state index is 4.67. The minimum absolute atomic E-state index is 0.903. The standard InChI is InChI=1S/C17H20N4/c1-4-15-17(21-12-6-5-7-16(21)19-15)18-13-8-10-14(11-9-13)20(2)3/h5-12,18H,4H2,1-3H3. The number of hydrogen-bond donors (Lipinski definition) is 1. The summed E-state index contributed by atoms with van der Waals surface area (Å²) in [5.74, 6) is 1.05. The summed E-state index contributed by atoms with van der Waals surface area (Å²) < 4.78 is 2.10. The molecule has 4 heteroatoms. The smallest absolute Gasteiger partial charge is 0.138 e. The number of rotatable bonds is 4. The normalized spacial score (nSPS) is 10.8. The van der Waals surface area contributed by atoms with Crippen LogP contribution in [0.2, 0.25) is 0 Å². The molecule has 4 nitrogen and oxygen atoms in total. The third kappa shape index (κ3) is 2.57. The van der Waals surface area contributed by atoms with Gasteiger partial charge >= 0.3 is 0 Å². The van der Waals surface area contributed by atoms with Crippen LogP contribution in [0.15, 0.2) is 48.7 Å². The monoisotopic (exact) mass is 280 g/mol. The van der Waals surface area contributed by atoms with Gasteiger partial charge in [0.2, 0.25) is 0 Å². The summed E-state index contributed by atoms with van der Waals surface area (Å²) in [6, 6.07) is 14.5. The number of hydrogen-bond acceptors (Lipinski definition) is 3. The third-order valence-electron chi connectivity index (χ3n) is 3.58. The first kappa shape index (κ1) is 13.5. The van der Waals surface area contributed by atoms with Crippen molar-refractivity contribution in [3.8, 4) is 0 Å². The van der Waals surface area contributed by atoms with Gasteiger partial charge in [-0.15, -0.1) is 0 Å². The van der Waals surface area contributed by atoms with Crippen LogP contribution in [-0.2, 0) is 6.42 Å². The number of fused-ring (bicyclic) bond motifs is 1. The average Bonchev–Trinajstić information content (AvgIpc) is 2.86. The topological polar surface area (TPSA) is 32.6 Å². The van der Waals surface area contributed by atoms with E-state index in [1.807, 2.05) is 38.5 Å². The van der Waals surface area contributed by atoms with Crippen molar-refractivity contribution in [2.75, 3.05) is 24.3 Å². The molecule has 0 fully saturated rings. The number of aromatic nitrogens is 2. The van der Waals surface area contributed by atoms with E-state index in [4.69, 9.17) is 0 Å². The van der Waals surface area contributed by atoms with Crippen LogP contribution in [0, 0.1) is 0 Å². The van der Waals surface area contributed by atoms with Crippen LogP contribution in [0.3, 0.4) is 0 Å². The fourth-order valence-corrected chi connectivity index (χ4v) is 2.40. The Labute approximate surface area is 125 Å². The van der Waals surface area contributed by atoms with Crippen molar-refractivity contribution in [2.24, 2.45) is 0 Å². The van der Waals surface area contributed by atoms with Gasteiger partial charge in [0.05, 0.1) is 5.69 Å². The Hall–Kier alpha value is -2.49. The summed E-state index contributed by atoms with van der Waals surface area (Å²) in [4.78, 5) is 6.76. The molecule has 21 heavy (non-hydrogen) atoms. The molecule has 0 aliphatic rings. The summed E-state index contributed by atoms with van der Waals surface area (Å²) in [5, 5.41) is 3.49. The Morgan fingerprint density at radius 3 is 2.52 bits per heavy atom. The van der Waals surface area contributed by atoms with Gasteiger partial charge in [-0.2, -0.15) is 0 Å². The average molecular weight is 280 g/mol. The van der Waals surface area contributed by atoms with Crippen molar-refractivity contribution < 1.29 is 0 Å². The van der Waals surface area contributed by atoms with E-state index < -0.39 is 0 Å². The predicted molar refractivity (Wildman–Crippen MR) is 88.6 cm³/mol. The lowest BCUT2D eigenvalue weighted by molar-refractivity contribution is 1.07. The molecule has 2 heterocycles. The minimum Gasteiger partial charge on any atom is -0.378 e. The minimum atomic E-state index is 0.903. The molecule has 0 saturated carbocycles. The quantitative estimate of drug-likeness (QED) is 0.791. The zero-order valence-electron chi connectivity index (χ0n) is 12.7. The molecule has 0 atom stereocenters. The second-order valence-corrected chi connectivity index (χ2v) is 5.26.